The fourth-order valence-corrected chi connectivity index (χ4v) is 2.63. The van der Waals surface area contributed by atoms with Crippen molar-refractivity contribution in [2.75, 3.05) is 46.4 Å². The monoisotopic (exact) mass is 264 g/mol. The molecule has 1 saturated heterocycles. The van der Waals surface area contributed by atoms with Gasteiger partial charge in [-0.15, -0.1) is 0 Å². The third-order valence-electron chi connectivity index (χ3n) is 3.95. The molecule has 19 heavy (non-hydrogen) atoms. The second kappa shape index (κ2) is 6.89. The van der Waals surface area contributed by atoms with Crippen molar-refractivity contribution in [3.63, 3.8) is 0 Å². The number of piperazine rings is 1. The standard InChI is InChI=1S/C15H24N2O2/c1-13(14-4-3-5-15(12-14)19-2)17-8-6-16(7-9-17)10-11-18/h3-5,12-13,18H,6-11H2,1-2H3/t13-/m1/s1. The third-order valence-corrected chi connectivity index (χ3v) is 3.95. The van der Waals surface area contributed by atoms with Crippen LogP contribution in [0.15, 0.2) is 24.3 Å². The predicted molar refractivity (Wildman–Crippen MR) is 76.5 cm³/mol. The minimum atomic E-state index is 0.255. The van der Waals surface area contributed by atoms with Gasteiger partial charge in [0.15, 0.2) is 0 Å². The largest absolute Gasteiger partial charge is 0.497 e. The number of hydrogen-bond donors (Lipinski definition) is 1. The highest BCUT2D eigenvalue weighted by Gasteiger charge is 2.21. The van der Waals surface area contributed by atoms with E-state index in [2.05, 4.69) is 28.9 Å². The summed E-state index contributed by atoms with van der Waals surface area (Å²) in [4.78, 5) is 4.80. The van der Waals surface area contributed by atoms with Crippen LogP contribution < -0.4 is 4.74 Å². The van der Waals surface area contributed by atoms with Gasteiger partial charge in [0.1, 0.15) is 5.75 Å². The van der Waals surface area contributed by atoms with Crippen LogP contribution in [0, 0.1) is 0 Å². The molecule has 2 rings (SSSR count). The molecule has 0 bridgehead atoms. The van der Waals surface area contributed by atoms with Gasteiger partial charge in [-0.1, -0.05) is 12.1 Å². The summed E-state index contributed by atoms with van der Waals surface area (Å²) in [7, 11) is 1.71. The Balaban J connectivity index is 1.94. The number of aliphatic hydroxyl groups is 1. The number of nitrogens with zero attached hydrogens (tertiary/aromatic N) is 2. The van der Waals surface area contributed by atoms with Crippen molar-refractivity contribution in [2.24, 2.45) is 0 Å². The molecule has 0 saturated carbocycles. The number of aliphatic hydroxyl groups excluding tert-OH is 1. The number of β-amino-alcohol motifs (C(OH)–C–C–N with tert-alkyl or cyclic N) is 1. The van der Waals surface area contributed by atoms with Gasteiger partial charge in [-0.05, 0) is 24.6 Å². The van der Waals surface area contributed by atoms with Crippen LogP contribution in [0.3, 0.4) is 0 Å². The smallest absolute Gasteiger partial charge is 0.119 e. The highest BCUT2D eigenvalue weighted by molar-refractivity contribution is 5.30. The van der Waals surface area contributed by atoms with E-state index < -0.39 is 0 Å². The molecule has 4 heteroatoms. The molecule has 1 atom stereocenters. The van der Waals surface area contributed by atoms with Gasteiger partial charge in [0.05, 0.1) is 13.7 Å². The average Bonchev–Trinajstić information content (AvgIpc) is 2.48. The molecule has 0 unspecified atom stereocenters. The molecule has 1 aromatic rings. The number of hydrogen-bond acceptors (Lipinski definition) is 4. The summed E-state index contributed by atoms with van der Waals surface area (Å²) in [5, 5.41) is 8.96. The Hall–Kier alpha value is -1.10. The zero-order valence-electron chi connectivity index (χ0n) is 11.9. The first-order chi connectivity index (χ1) is 9.24. The van der Waals surface area contributed by atoms with Gasteiger partial charge in [-0.3, -0.25) is 9.80 Å². The van der Waals surface area contributed by atoms with Gasteiger partial charge in [0.25, 0.3) is 0 Å². The number of rotatable bonds is 5. The van der Waals surface area contributed by atoms with E-state index in [4.69, 9.17) is 9.84 Å². The Labute approximate surface area is 115 Å². The van der Waals surface area contributed by atoms with Crippen LogP contribution in [0.5, 0.6) is 5.75 Å². The quantitative estimate of drug-likeness (QED) is 0.871. The van der Waals surface area contributed by atoms with Crippen molar-refractivity contribution in [3.05, 3.63) is 29.8 Å². The Bertz CT molecular complexity index is 389. The van der Waals surface area contributed by atoms with Crippen molar-refractivity contribution in [1.29, 1.82) is 0 Å². The Morgan fingerprint density at radius 1 is 1.26 bits per heavy atom. The number of methoxy groups -OCH3 is 1. The summed E-state index contributed by atoms with van der Waals surface area (Å²) >= 11 is 0. The van der Waals surface area contributed by atoms with Crippen molar-refractivity contribution in [2.45, 2.75) is 13.0 Å². The van der Waals surface area contributed by atoms with Crippen LogP contribution >= 0.6 is 0 Å². The molecule has 0 aromatic heterocycles. The van der Waals surface area contributed by atoms with E-state index in [0.29, 0.717) is 6.04 Å². The molecule has 4 nitrogen and oxygen atoms in total. The van der Waals surface area contributed by atoms with Gasteiger partial charge < -0.3 is 9.84 Å². The predicted octanol–water partition coefficient (Wildman–Crippen LogP) is 1.37. The van der Waals surface area contributed by atoms with E-state index in [1.165, 1.54) is 5.56 Å². The topological polar surface area (TPSA) is 35.9 Å². The molecule has 0 aliphatic carbocycles. The molecule has 0 amide bonds. The van der Waals surface area contributed by atoms with E-state index in [9.17, 15) is 0 Å². The second-order valence-corrected chi connectivity index (χ2v) is 5.05. The van der Waals surface area contributed by atoms with E-state index in [-0.39, 0.29) is 6.61 Å². The summed E-state index contributed by atoms with van der Waals surface area (Å²) < 4.78 is 5.29. The zero-order chi connectivity index (χ0) is 13.7. The minimum absolute atomic E-state index is 0.255. The molecular formula is C15H24N2O2. The third kappa shape index (κ3) is 3.69. The lowest BCUT2D eigenvalue weighted by Crippen LogP contribution is -2.47. The summed E-state index contributed by atoms with van der Waals surface area (Å²) in [5.41, 5.74) is 1.30. The number of ether oxygens (including phenoxy) is 1. The van der Waals surface area contributed by atoms with Crippen LogP contribution in [-0.4, -0.2) is 61.3 Å². The van der Waals surface area contributed by atoms with Gasteiger partial charge in [-0.25, -0.2) is 0 Å². The SMILES string of the molecule is COc1cccc([C@@H](C)N2CCN(CCO)CC2)c1. The summed E-state index contributed by atoms with van der Waals surface area (Å²) in [5.74, 6) is 0.920. The van der Waals surface area contributed by atoms with Gasteiger partial charge in [0, 0.05) is 38.8 Å². The maximum absolute atomic E-state index is 8.96. The summed E-state index contributed by atoms with van der Waals surface area (Å²) in [6.45, 7) is 7.48. The van der Waals surface area contributed by atoms with Crippen molar-refractivity contribution in [3.8, 4) is 5.75 Å². The Morgan fingerprint density at radius 3 is 2.63 bits per heavy atom. The molecular weight excluding hydrogens is 240 g/mol. The van der Waals surface area contributed by atoms with E-state index in [1.807, 2.05) is 12.1 Å². The van der Waals surface area contributed by atoms with Gasteiger partial charge in [0.2, 0.25) is 0 Å². The molecule has 0 spiro atoms. The first-order valence-corrected chi connectivity index (χ1v) is 6.96. The molecule has 1 heterocycles. The van der Waals surface area contributed by atoms with E-state index in [0.717, 1.165) is 38.5 Å². The molecule has 1 N–H and O–H groups in total. The molecule has 1 fully saturated rings. The van der Waals surface area contributed by atoms with E-state index in [1.54, 1.807) is 7.11 Å². The highest BCUT2D eigenvalue weighted by atomic mass is 16.5. The zero-order valence-corrected chi connectivity index (χ0v) is 11.9. The normalized spacial score (nSPS) is 19.3. The van der Waals surface area contributed by atoms with Crippen LogP contribution in [0.4, 0.5) is 0 Å². The summed E-state index contributed by atoms with van der Waals surface area (Å²) in [6.07, 6.45) is 0. The van der Waals surface area contributed by atoms with Crippen LogP contribution in [0.2, 0.25) is 0 Å². The molecule has 1 aromatic carbocycles. The second-order valence-electron chi connectivity index (χ2n) is 5.05. The van der Waals surface area contributed by atoms with Crippen molar-refractivity contribution in [1.82, 2.24) is 9.80 Å². The fraction of sp³-hybridized carbons (Fsp3) is 0.600. The van der Waals surface area contributed by atoms with Crippen LogP contribution in [0.1, 0.15) is 18.5 Å². The number of benzene rings is 1. The first-order valence-electron chi connectivity index (χ1n) is 6.96. The average molecular weight is 264 g/mol. The molecule has 0 radical (unpaired) electrons. The van der Waals surface area contributed by atoms with Gasteiger partial charge >= 0.3 is 0 Å². The maximum atomic E-state index is 8.96. The first kappa shape index (κ1) is 14.3. The maximum Gasteiger partial charge on any atom is 0.119 e. The molecule has 1 aliphatic rings. The lowest BCUT2D eigenvalue weighted by atomic mass is 10.1. The minimum Gasteiger partial charge on any atom is -0.497 e. The lowest BCUT2D eigenvalue weighted by molar-refractivity contribution is 0.0887. The highest BCUT2D eigenvalue weighted by Crippen LogP contribution is 2.24. The van der Waals surface area contributed by atoms with Crippen LogP contribution in [0.25, 0.3) is 0 Å². The summed E-state index contributed by atoms with van der Waals surface area (Å²) in [6, 6.07) is 8.71. The Morgan fingerprint density at radius 2 is 2.00 bits per heavy atom. The van der Waals surface area contributed by atoms with Crippen molar-refractivity contribution >= 4 is 0 Å². The fourth-order valence-electron chi connectivity index (χ4n) is 2.63. The Kier molecular flexibility index (Phi) is 5.19. The van der Waals surface area contributed by atoms with Crippen LogP contribution in [-0.2, 0) is 0 Å². The van der Waals surface area contributed by atoms with Crippen molar-refractivity contribution < 1.29 is 9.84 Å². The lowest BCUT2D eigenvalue weighted by Gasteiger charge is -2.38. The van der Waals surface area contributed by atoms with Gasteiger partial charge in [-0.2, -0.15) is 0 Å². The molecule has 106 valence electrons. The molecule has 1 aliphatic heterocycles. The van der Waals surface area contributed by atoms with E-state index >= 15 is 0 Å².